The number of hydrogen-bond donors (Lipinski definition) is 1. The molecule has 0 saturated heterocycles. The lowest BCUT2D eigenvalue weighted by atomic mass is 10.1. The highest BCUT2D eigenvalue weighted by Gasteiger charge is 2.19. The Balaban J connectivity index is 3.30. The minimum Gasteiger partial charge on any atom is -0.367 e. The zero-order valence-corrected chi connectivity index (χ0v) is 11.6. The van der Waals surface area contributed by atoms with E-state index < -0.39 is 0 Å². The van der Waals surface area contributed by atoms with Crippen LogP contribution in [0, 0.1) is 6.92 Å². The Morgan fingerprint density at radius 2 is 2.06 bits per heavy atom. The van der Waals surface area contributed by atoms with Crippen molar-refractivity contribution >= 4 is 23.3 Å². The van der Waals surface area contributed by atoms with E-state index in [9.17, 15) is 4.79 Å². The number of anilines is 1. The van der Waals surface area contributed by atoms with Crippen LogP contribution in [0.4, 0.5) is 5.82 Å². The molecular weight excluding hydrogens is 238 g/mol. The van der Waals surface area contributed by atoms with E-state index in [0.717, 1.165) is 5.56 Å². The minimum absolute atomic E-state index is 0.0742. The third-order valence-corrected chi connectivity index (χ3v) is 2.42. The molecule has 0 spiro atoms. The molecule has 0 aromatic carbocycles. The molecule has 1 heterocycles. The van der Waals surface area contributed by atoms with E-state index in [1.165, 1.54) is 4.90 Å². The fraction of sp³-hybridized carbons (Fsp3) is 0.500. The first-order valence-electron chi connectivity index (χ1n) is 5.48. The lowest BCUT2D eigenvalue weighted by Gasteiger charge is -2.18. The van der Waals surface area contributed by atoms with Gasteiger partial charge in [0, 0.05) is 20.1 Å². The van der Waals surface area contributed by atoms with Gasteiger partial charge in [0.05, 0.1) is 5.56 Å². The molecule has 0 unspecified atom stereocenters. The lowest BCUT2D eigenvalue weighted by Crippen LogP contribution is -2.25. The smallest absolute Gasteiger partial charge is 0.257 e. The molecule has 1 amide bonds. The molecule has 0 bridgehead atoms. The highest BCUT2D eigenvalue weighted by molar-refractivity contribution is 6.29. The van der Waals surface area contributed by atoms with Crippen molar-refractivity contribution in [3.63, 3.8) is 0 Å². The fourth-order valence-electron chi connectivity index (χ4n) is 1.50. The number of carbonyl (C=O) groups is 1. The Morgan fingerprint density at radius 1 is 1.47 bits per heavy atom. The largest absolute Gasteiger partial charge is 0.367 e. The van der Waals surface area contributed by atoms with Crippen molar-refractivity contribution in [2.24, 2.45) is 0 Å². The first kappa shape index (κ1) is 13.8. The van der Waals surface area contributed by atoms with Crippen molar-refractivity contribution in [3.05, 3.63) is 22.3 Å². The summed E-state index contributed by atoms with van der Waals surface area (Å²) in [5.74, 6) is 0.471. The number of rotatable bonds is 3. The summed E-state index contributed by atoms with van der Waals surface area (Å²) in [6, 6.07) is 1.89. The molecule has 0 fully saturated rings. The van der Waals surface area contributed by atoms with Gasteiger partial charge in [0.1, 0.15) is 11.0 Å². The Kier molecular flexibility index (Phi) is 4.34. The number of amides is 1. The summed E-state index contributed by atoms with van der Waals surface area (Å²) in [4.78, 5) is 17.8. The predicted molar refractivity (Wildman–Crippen MR) is 70.8 cm³/mol. The highest BCUT2D eigenvalue weighted by Crippen LogP contribution is 2.23. The average Bonchev–Trinajstić information content (AvgIpc) is 2.14. The number of carbonyl (C=O) groups excluding carboxylic acids is 1. The third-order valence-electron chi connectivity index (χ3n) is 2.23. The van der Waals surface area contributed by atoms with Crippen LogP contribution in [-0.2, 0) is 0 Å². The maximum atomic E-state index is 12.1. The summed E-state index contributed by atoms with van der Waals surface area (Å²) in [7, 11) is 3.44. The molecule has 0 aliphatic carbocycles. The van der Waals surface area contributed by atoms with Gasteiger partial charge in [0.25, 0.3) is 5.91 Å². The second kappa shape index (κ2) is 5.36. The van der Waals surface area contributed by atoms with Crippen LogP contribution >= 0.6 is 11.6 Å². The zero-order chi connectivity index (χ0) is 13.2. The van der Waals surface area contributed by atoms with Gasteiger partial charge in [-0.1, -0.05) is 11.6 Å². The summed E-state index contributed by atoms with van der Waals surface area (Å²) >= 11 is 5.91. The Bertz CT molecular complexity index is 430. The lowest BCUT2D eigenvalue weighted by molar-refractivity contribution is 0.0827. The molecule has 1 rings (SSSR count). The van der Waals surface area contributed by atoms with Crippen LogP contribution in [-0.4, -0.2) is 35.9 Å². The molecule has 1 N–H and O–H groups in total. The molecule has 0 saturated carbocycles. The summed E-state index contributed by atoms with van der Waals surface area (Å²) in [6.45, 7) is 5.83. The summed E-state index contributed by atoms with van der Waals surface area (Å²) in [5, 5.41) is 3.54. The predicted octanol–water partition coefficient (Wildman–Crippen LogP) is 2.57. The standard InChI is InChI=1S/C12H18ClN3O/c1-7(2)14-11-10(12(17)16(4)5)8(3)6-9(13)15-11/h6-7H,1-5H3,(H,14,15). The Hall–Kier alpha value is -1.29. The van der Waals surface area contributed by atoms with Gasteiger partial charge in [0.2, 0.25) is 0 Å². The van der Waals surface area contributed by atoms with Crippen LogP contribution < -0.4 is 5.32 Å². The second-order valence-corrected chi connectivity index (χ2v) is 4.87. The number of pyridine rings is 1. The topological polar surface area (TPSA) is 45.2 Å². The van der Waals surface area contributed by atoms with Crippen molar-refractivity contribution in [2.45, 2.75) is 26.8 Å². The number of aromatic nitrogens is 1. The first-order chi connectivity index (χ1) is 7.82. The van der Waals surface area contributed by atoms with Crippen molar-refractivity contribution in [1.82, 2.24) is 9.88 Å². The molecule has 1 aromatic rings. The second-order valence-electron chi connectivity index (χ2n) is 4.48. The summed E-state index contributed by atoms with van der Waals surface area (Å²) in [6.07, 6.45) is 0. The van der Waals surface area contributed by atoms with Crippen LogP contribution in [0.15, 0.2) is 6.07 Å². The molecule has 17 heavy (non-hydrogen) atoms. The van der Waals surface area contributed by atoms with E-state index in [4.69, 9.17) is 11.6 Å². The molecule has 0 aliphatic rings. The molecule has 0 radical (unpaired) electrons. The maximum absolute atomic E-state index is 12.1. The number of nitrogens with zero attached hydrogens (tertiary/aromatic N) is 2. The Labute approximate surface area is 107 Å². The van der Waals surface area contributed by atoms with Crippen LogP contribution in [0.3, 0.4) is 0 Å². The molecule has 94 valence electrons. The van der Waals surface area contributed by atoms with E-state index in [1.54, 1.807) is 20.2 Å². The van der Waals surface area contributed by atoms with Crippen molar-refractivity contribution in [2.75, 3.05) is 19.4 Å². The van der Waals surface area contributed by atoms with Crippen molar-refractivity contribution in [3.8, 4) is 0 Å². The van der Waals surface area contributed by atoms with Gasteiger partial charge < -0.3 is 10.2 Å². The van der Waals surface area contributed by atoms with Crippen LogP contribution in [0.5, 0.6) is 0 Å². The quantitative estimate of drug-likeness (QED) is 0.845. The van der Waals surface area contributed by atoms with Crippen LogP contribution in [0.2, 0.25) is 5.15 Å². The number of aryl methyl sites for hydroxylation is 1. The molecule has 0 atom stereocenters. The fourth-order valence-corrected chi connectivity index (χ4v) is 1.75. The first-order valence-corrected chi connectivity index (χ1v) is 5.86. The van der Waals surface area contributed by atoms with Gasteiger partial charge in [-0.15, -0.1) is 0 Å². The number of halogens is 1. The highest BCUT2D eigenvalue weighted by atomic mass is 35.5. The van der Waals surface area contributed by atoms with E-state index in [-0.39, 0.29) is 11.9 Å². The Morgan fingerprint density at radius 3 is 2.53 bits per heavy atom. The van der Waals surface area contributed by atoms with Gasteiger partial charge in [-0.25, -0.2) is 4.98 Å². The van der Waals surface area contributed by atoms with Gasteiger partial charge in [0.15, 0.2) is 0 Å². The molecule has 1 aromatic heterocycles. The van der Waals surface area contributed by atoms with E-state index in [0.29, 0.717) is 16.5 Å². The number of hydrogen-bond acceptors (Lipinski definition) is 3. The van der Waals surface area contributed by atoms with Crippen molar-refractivity contribution in [1.29, 1.82) is 0 Å². The molecule has 4 nitrogen and oxygen atoms in total. The van der Waals surface area contributed by atoms with Gasteiger partial charge in [-0.05, 0) is 32.4 Å². The molecule has 5 heteroatoms. The third kappa shape index (κ3) is 3.33. The van der Waals surface area contributed by atoms with Crippen molar-refractivity contribution < 1.29 is 4.79 Å². The van der Waals surface area contributed by atoms with Crippen LogP contribution in [0.25, 0.3) is 0 Å². The summed E-state index contributed by atoms with van der Waals surface area (Å²) in [5.41, 5.74) is 1.40. The van der Waals surface area contributed by atoms with E-state index in [1.807, 2.05) is 20.8 Å². The van der Waals surface area contributed by atoms with Gasteiger partial charge in [-0.2, -0.15) is 0 Å². The van der Waals surface area contributed by atoms with Gasteiger partial charge in [-0.3, -0.25) is 4.79 Å². The molecule has 0 aliphatic heterocycles. The maximum Gasteiger partial charge on any atom is 0.257 e. The minimum atomic E-state index is -0.0742. The summed E-state index contributed by atoms with van der Waals surface area (Å²) < 4.78 is 0. The SMILES string of the molecule is Cc1cc(Cl)nc(NC(C)C)c1C(=O)N(C)C. The normalized spacial score (nSPS) is 10.5. The zero-order valence-electron chi connectivity index (χ0n) is 10.8. The molecular formula is C12H18ClN3O. The van der Waals surface area contributed by atoms with E-state index in [2.05, 4.69) is 10.3 Å². The average molecular weight is 256 g/mol. The monoisotopic (exact) mass is 255 g/mol. The van der Waals surface area contributed by atoms with Gasteiger partial charge >= 0.3 is 0 Å². The van der Waals surface area contributed by atoms with Crippen LogP contribution in [0.1, 0.15) is 29.8 Å². The van der Waals surface area contributed by atoms with E-state index >= 15 is 0 Å². The number of nitrogens with one attached hydrogen (secondary N) is 1.